The first kappa shape index (κ1) is 19.0. The molecule has 0 atom stereocenters. The zero-order valence-corrected chi connectivity index (χ0v) is 16.3. The number of benzene rings is 1. The molecule has 1 aliphatic rings. The third kappa shape index (κ3) is 3.82. The first-order valence-corrected chi connectivity index (χ1v) is 10.4. The van der Waals surface area contributed by atoms with Crippen LogP contribution in [0.2, 0.25) is 0 Å². The lowest BCUT2D eigenvalue weighted by molar-refractivity contribution is 0.266. The van der Waals surface area contributed by atoms with Crippen LogP contribution in [0.5, 0.6) is 5.75 Å². The van der Waals surface area contributed by atoms with Gasteiger partial charge in [-0.1, -0.05) is 52.4 Å². The third-order valence-corrected chi connectivity index (χ3v) is 6.14. The summed E-state index contributed by atoms with van der Waals surface area (Å²) in [5.41, 5.74) is 2.22. The molecule has 3 rings (SSSR count). The van der Waals surface area contributed by atoms with E-state index in [1.807, 2.05) is 18.2 Å². The van der Waals surface area contributed by atoms with Crippen LogP contribution in [0, 0.1) is 0 Å². The van der Waals surface area contributed by atoms with Crippen LogP contribution in [-0.2, 0) is 11.8 Å². The van der Waals surface area contributed by atoms with Gasteiger partial charge < -0.3 is 9.52 Å². The number of rotatable bonds is 7. The highest BCUT2D eigenvalue weighted by molar-refractivity contribution is 5.84. The van der Waals surface area contributed by atoms with Crippen LogP contribution >= 0.6 is 0 Å². The second kappa shape index (κ2) is 8.28. The van der Waals surface area contributed by atoms with E-state index in [-0.39, 0.29) is 16.8 Å². The number of phenolic OH excluding ortho intramolecular Hbond substituents is 1. The van der Waals surface area contributed by atoms with E-state index in [0.717, 1.165) is 37.7 Å². The molecule has 1 aromatic heterocycles. The molecule has 0 spiro atoms. The van der Waals surface area contributed by atoms with Gasteiger partial charge in [0.1, 0.15) is 11.3 Å². The normalized spacial score (nSPS) is 16.8. The first-order chi connectivity index (χ1) is 12.6. The summed E-state index contributed by atoms with van der Waals surface area (Å²) < 4.78 is 5.64. The molecule has 1 fully saturated rings. The zero-order chi connectivity index (χ0) is 18.6. The molecule has 0 bridgehead atoms. The Balaban J connectivity index is 2.05. The largest absolute Gasteiger partial charge is 0.507 e. The third-order valence-electron chi connectivity index (χ3n) is 6.14. The van der Waals surface area contributed by atoms with E-state index in [1.54, 1.807) is 0 Å². The molecule has 1 saturated carbocycles. The maximum atomic E-state index is 12.3. The molecule has 0 aliphatic heterocycles. The van der Waals surface area contributed by atoms with Gasteiger partial charge in [-0.2, -0.15) is 0 Å². The van der Waals surface area contributed by atoms with Gasteiger partial charge in [0, 0.05) is 5.56 Å². The Morgan fingerprint density at radius 1 is 1.04 bits per heavy atom. The number of unbranched alkanes of at least 4 members (excludes halogenated alkanes) is 2. The van der Waals surface area contributed by atoms with Gasteiger partial charge in [0.2, 0.25) is 0 Å². The van der Waals surface area contributed by atoms with Crippen molar-refractivity contribution in [3.8, 4) is 5.75 Å². The molecule has 3 nitrogen and oxygen atoms in total. The molecule has 0 amide bonds. The molecule has 1 heterocycles. The standard InChI is InChI=1S/C23H32O3/c1-3-5-10-17-14-19-20(24)15-18(16-21(19)26-22(17)25)23(11-6-4-2)12-8-7-9-13-23/h14-16,24H,3-13H2,1-2H3. The lowest BCUT2D eigenvalue weighted by Crippen LogP contribution is -2.29. The van der Waals surface area contributed by atoms with Gasteiger partial charge in [0.05, 0.1) is 5.39 Å². The Morgan fingerprint density at radius 2 is 1.77 bits per heavy atom. The monoisotopic (exact) mass is 356 g/mol. The molecule has 0 radical (unpaired) electrons. The summed E-state index contributed by atoms with van der Waals surface area (Å²) in [6.45, 7) is 4.33. The molecule has 1 aliphatic carbocycles. The second-order valence-electron chi connectivity index (χ2n) is 8.01. The fourth-order valence-electron chi connectivity index (χ4n) is 4.51. The van der Waals surface area contributed by atoms with Crippen LogP contribution in [-0.4, -0.2) is 5.11 Å². The lowest BCUT2D eigenvalue weighted by Gasteiger charge is -2.38. The van der Waals surface area contributed by atoms with E-state index in [4.69, 9.17) is 4.42 Å². The Labute approximate surface area is 156 Å². The fourth-order valence-corrected chi connectivity index (χ4v) is 4.51. The topological polar surface area (TPSA) is 50.4 Å². The van der Waals surface area contributed by atoms with Crippen molar-refractivity contribution in [2.45, 2.75) is 89.9 Å². The van der Waals surface area contributed by atoms with Crippen molar-refractivity contribution in [3.63, 3.8) is 0 Å². The van der Waals surface area contributed by atoms with Crippen molar-refractivity contribution in [2.75, 3.05) is 0 Å². The van der Waals surface area contributed by atoms with Crippen molar-refractivity contribution in [1.82, 2.24) is 0 Å². The Hall–Kier alpha value is -1.77. The van der Waals surface area contributed by atoms with Crippen molar-refractivity contribution in [1.29, 1.82) is 0 Å². The minimum atomic E-state index is -0.256. The molecular formula is C23H32O3. The predicted octanol–water partition coefficient (Wildman–Crippen LogP) is 6.23. The lowest BCUT2D eigenvalue weighted by atomic mass is 9.66. The number of fused-ring (bicyclic) bond motifs is 1. The van der Waals surface area contributed by atoms with E-state index in [0.29, 0.717) is 23.0 Å². The van der Waals surface area contributed by atoms with Crippen LogP contribution in [0.15, 0.2) is 27.4 Å². The molecular weight excluding hydrogens is 324 g/mol. The highest BCUT2D eigenvalue weighted by Gasteiger charge is 2.34. The fraction of sp³-hybridized carbons (Fsp3) is 0.609. The van der Waals surface area contributed by atoms with E-state index in [9.17, 15) is 9.90 Å². The van der Waals surface area contributed by atoms with Gasteiger partial charge in [0.25, 0.3) is 0 Å². The van der Waals surface area contributed by atoms with Gasteiger partial charge in [-0.05, 0) is 61.3 Å². The average Bonchev–Trinajstić information content (AvgIpc) is 2.65. The van der Waals surface area contributed by atoms with Crippen LogP contribution in [0.1, 0.15) is 89.2 Å². The maximum Gasteiger partial charge on any atom is 0.339 e. The predicted molar refractivity (Wildman–Crippen MR) is 107 cm³/mol. The summed E-state index contributed by atoms with van der Waals surface area (Å²) in [7, 11) is 0. The number of hydrogen-bond acceptors (Lipinski definition) is 3. The maximum absolute atomic E-state index is 12.3. The summed E-state index contributed by atoms with van der Waals surface area (Å²) in [6, 6.07) is 5.80. The van der Waals surface area contributed by atoms with Gasteiger partial charge >= 0.3 is 5.63 Å². The number of aryl methyl sites for hydroxylation is 1. The SMILES string of the molecule is CCCCc1cc2c(O)cc(C3(CCCC)CCCCC3)cc2oc1=O. The van der Waals surface area contributed by atoms with Gasteiger partial charge in [-0.3, -0.25) is 0 Å². The molecule has 3 heteroatoms. The number of hydrogen-bond donors (Lipinski definition) is 1. The van der Waals surface area contributed by atoms with Gasteiger partial charge in [-0.15, -0.1) is 0 Å². The molecule has 142 valence electrons. The average molecular weight is 357 g/mol. The highest BCUT2D eigenvalue weighted by Crippen LogP contribution is 2.45. The van der Waals surface area contributed by atoms with E-state index >= 15 is 0 Å². The quantitative estimate of drug-likeness (QED) is 0.598. The van der Waals surface area contributed by atoms with Gasteiger partial charge in [0.15, 0.2) is 0 Å². The van der Waals surface area contributed by atoms with Crippen LogP contribution in [0.4, 0.5) is 0 Å². The summed E-state index contributed by atoms with van der Waals surface area (Å²) in [6.07, 6.45) is 12.3. The molecule has 1 aromatic carbocycles. The van der Waals surface area contributed by atoms with Crippen molar-refractivity contribution in [3.05, 3.63) is 39.7 Å². The van der Waals surface area contributed by atoms with Crippen LogP contribution < -0.4 is 5.63 Å². The zero-order valence-electron chi connectivity index (χ0n) is 16.3. The smallest absolute Gasteiger partial charge is 0.339 e. The number of aromatic hydroxyl groups is 1. The van der Waals surface area contributed by atoms with E-state index < -0.39 is 0 Å². The van der Waals surface area contributed by atoms with Gasteiger partial charge in [-0.25, -0.2) is 4.79 Å². The van der Waals surface area contributed by atoms with E-state index in [2.05, 4.69) is 13.8 Å². The minimum absolute atomic E-state index is 0.124. The minimum Gasteiger partial charge on any atom is -0.507 e. The summed E-state index contributed by atoms with van der Waals surface area (Å²) in [5.74, 6) is 0.250. The Bertz CT molecular complexity index is 797. The summed E-state index contributed by atoms with van der Waals surface area (Å²) in [4.78, 5) is 12.3. The molecule has 0 saturated heterocycles. The number of phenols is 1. The van der Waals surface area contributed by atoms with E-state index in [1.165, 1.54) is 32.1 Å². The van der Waals surface area contributed by atoms with Crippen molar-refractivity contribution >= 4 is 11.0 Å². The Morgan fingerprint density at radius 3 is 2.46 bits per heavy atom. The molecule has 0 unspecified atom stereocenters. The molecule has 26 heavy (non-hydrogen) atoms. The molecule has 2 aromatic rings. The first-order valence-electron chi connectivity index (χ1n) is 10.4. The summed E-state index contributed by atoms with van der Waals surface area (Å²) >= 11 is 0. The highest BCUT2D eigenvalue weighted by atomic mass is 16.4. The molecule has 1 N–H and O–H groups in total. The summed E-state index contributed by atoms with van der Waals surface area (Å²) in [5, 5.41) is 11.4. The van der Waals surface area contributed by atoms with Crippen molar-refractivity contribution in [2.24, 2.45) is 0 Å². The van der Waals surface area contributed by atoms with Crippen molar-refractivity contribution < 1.29 is 9.52 Å². The Kier molecular flexibility index (Phi) is 6.05. The van der Waals surface area contributed by atoms with Crippen LogP contribution in [0.3, 0.4) is 0 Å². The second-order valence-corrected chi connectivity index (χ2v) is 8.01. The van der Waals surface area contributed by atoms with Crippen LogP contribution in [0.25, 0.3) is 11.0 Å².